The molecule has 1 heterocycles. The van der Waals surface area contributed by atoms with Gasteiger partial charge < -0.3 is 10.6 Å². The summed E-state index contributed by atoms with van der Waals surface area (Å²) < 4.78 is 1.81. The Labute approximate surface area is 122 Å². The highest BCUT2D eigenvalue weighted by molar-refractivity contribution is 6.30. The van der Waals surface area contributed by atoms with Crippen LogP contribution in [0.1, 0.15) is 11.3 Å². The predicted molar refractivity (Wildman–Crippen MR) is 79.7 cm³/mol. The first kappa shape index (κ1) is 14.6. The minimum absolute atomic E-state index is 0.103. The molecule has 2 aromatic rings. The number of carbonyl (C=O) groups is 1. The Hall–Kier alpha value is -1.85. The highest BCUT2D eigenvalue weighted by Crippen LogP contribution is 2.14. The van der Waals surface area contributed by atoms with E-state index in [2.05, 4.69) is 15.7 Å². The molecule has 1 aromatic heterocycles. The highest BCUT2D eigenvalue weighted by atomic mass is 35.5. The summed E-state index contributed by atoms with van der Waals surface area (Å²) in [5.74, 6) is -0.103. The molecule has 0 bridgehead atoms. The summed E-state index contributed by atoms with van der Waals surface area (Å²) in [6.45, 7) is 2.85. The maximum atomic E-state index is 11.8. The quantitative estimate of drug-likeness (QED) is 0.887. The molecule has 0 atom stereocenters. The number of nitrogens with zero attached hydrogens (tertiary/aromatic N) is 2. The number of nitrogens with one attached hydrogen (secondary N) is 2. The molecule has 6 heteroatoms. The normalized spacial score (nSPS) is 10.6. The average molecular weight is 293 g/mol. The van der Waals surface area contributed by atoms with Gasteiger partial charge in [0.2, 0.25) is 5.91 Å². The SMILES string of the molecule is Cc1c(CNCC(=O)Nc2cccc(Cl)c2)cnn1C. The van der Waals surface area contributed by atoms with Crippen LogP contribution in [-0.2, 0) is 18.4 Å². The summed E-state index contributed by atoms with van der Waals surface area (Å²) in [7, 11) is 1.89. The van der Waals surface area contributed by atoms with Gasteiger partial charge in [-0.3, -0.25) is 9.48 Å². The van der Waals surface area contributed by atoms with Crippen LogP contribution in [0, 0.1) is 6.92 Å². The van der Waals surface area contributed by atoms with E-state index in [1.54, 1.807) is 30.5 Å². The fourth-order valence-corrected chi connectivity index (χ4v) is 1.99. The largest absolute Gasteiger partial charge is 0.325 e. The molecular weight excluding hydrogens is 276 g/mol. The first-order chi connectivity index (χ1) is 9.56. The van der Waals surface area contributed by atoms with E-state index in [9.17, 15) is 4.79 Å². The number of amides is 1. The summed E-state index contributed by atoms with van der Waals surface area (Å²) in [5, 5.41) is 10.6. The van der Waals surface area contributed by atoms with Gasteiger partial charge in [-0.1, -0.05) is 17.7 Å². The number of aromatic nitrogens is 2. The summed E-state index contributed by atoms with van der Waals surface area (Å²) >= 11 is 5.86. The van der Waals surface area contributed by atoms with E-state index < -0.39 is 0 Å². The second kappa shape index (κ2) is 6.54. The Bertz CT molecular complexity index is 609. The summed E-state index contributed by atoms with van der Waals surface area (Å²) in [6, 6.07) is 7.07. The molecule has 0 radical (unpaired) electrons. The molecule has 0 saturated heterocycles. The van der Waals surface area contributed by atoms with Gasteiger partial charge in [0, 0.05) is 35.6 Å². The highest BCUT2D eigenvalue weighted by Gasteiger charge is 2.05. The Morgan fingerprint density at radius 2 is 2.25 bits per heavy atom. The van der Waals surface area contributed by atoms with Crippen molar-refractivity contribution in [2.24, 2.45) is 7.05 Å². The zero-order valence-corrected chi connectivity index (χ0v) is 12.2. The smallest absolute Gasteiger partial charge is 0.238 e. The van der Waals surface area contributed by atoms with Gasteiger partial charge in [-0.15, -0.1) is 0 Å². The summed E-state index contributed by atoms with van der Waals surface area (Å²) in [4.78, 5) is 11.8. The average Bonchev–Trinajstić information content (AvgIpc) is 2.71. The Morgan fingerprint density at radius 3 is 2.90 bits per heavy atom. The number of benzene rings is 1. The number of hydrogen-bond donors (Lipinski definition) is 2. The molecule has 1 amide bonds. The van der Waals surface area contributed by atoms with Crippen molar-refractivity contribution in [3.63, 3.8) is 0 Å². The molecule has 1 aromatic carbocycles. The lowest BCUT2D eigenvalue weighted by Crippen LogP contribution is -2.27. The summed E-state index contributed by atoms with van der Waals surface area (Å²) in [5.41, 5.74) is 2.87. The lowest BCUT2D eigenvalue weighted by molar-refractivity contribution is -0.115. The maximum Gasteiger partial charge on any atom is 0.238 e. The molecule has 0 aliphatic carbocycles. The minimum Gasteiger partial charge on any atom is -0.325 e. The number of anilines is 1. The number of aryl methyl sites for hydroxylation is 1. The third-order valence-corrected chi connectivity index (χ3v) is 3.28. The van der Waals surface area contributed by atoms with Crippen LogP contribution in [0.4, 0.5) is 5.69 Å². The molecule has 0 saturated carbocycles. The van der Waals surface area contributed by atoms with Crippen molar-refractivity contribution in [3.05, 3.63) is 46.7 Å². The van der Waals surface area contributed by atoms with E-state index in [0.29, 0.717) is 17.3 Å². The monoisotopic (exact) mass is 292 g/mol. The van der Waals surface area contributed by atoms with Gasteiger partial charge in [0.05, 0.1) is 12.7 Å². The van der Waals surface area contributed by atoms with E-state index in [-0.39, 0.29) is 12.5 Å². The molecule has 106 valence electrons. The van der Waals surface area contributed by atoms with Gasteiger partial charge in [0.15, 0.2) is 0 Å². The van der Waals surface area contributed by atoms with Crippen LogP contribution in [0.25, 0.3) is 0 Å². The molecule has 0 unspecified atom stereocenters. The van der Waals surface area contributed by atoms with Crippen LogP contribution in [0.5, 0.6) is 0 Å². The fourth-order valence-electron chi connectivity index (χ4n) is 1.80. The molecule has 0 spiro atoms. The van der Waals surface area contributed by atoms with Crippen molar-refractivity contribution in [3.8, 4) is 0 Å². The first-order valence-corrected chi connectivity index (χ1v) is 6.67. The molecular formula is C14H17ClN4O. The van der Waals surface area contributed by atoms with Crippen LogP contribution < -0.4 is 10.6 Å². The van der Waals surface area contributed by atoms with E-state index in [4.69, 9.17) is 11.6 Å². The third-order valence-electron chi connectivity index (χ3n) is 3.05. The van der Waals surface area contributed by atoms with E-state index in [1.807, 2.05) is 18.7 Å². The molecule has 2 rings (SSSR count). The maximum absolute atomic E-state index is 11.8. The van der Waals surface area contributed by atoms with Crippen LogP contribution >= 0.6 is 11.6 Å². The third kappa shape index (κ3) is 3.82. The molecule has 0 aliphatic rings. The predicted octanol–water partition coefficient (Wildman–Crippen LogP) is 2.11. The second-order valence-corrected chi connectivity index (χ2v) is 4.98. The number of rotatable bonds is 5. The van der Waals surface area contributed by atoms with Gasteiger partial charge in [-0.2, -0.15) is 5.10 Å². The van der Waals surface area contributed by atoms with E-state index in [0.717, 1.165) is 11.3 Å². The van der Waals surface area contributed by atoms with Gasteiger partial charge in [0.25, 0.3) is 0 Å². The Morgan fingerprint density at radius 1 is 1.45 bits per heavy atom. The standard InChI is InChI=1S/C14H17ClN4O/c1-10-11(8-17-19(10)2)7-16-9-14(20)18-13-5-3-4-12(15)6-13/h3-6,8,16H,7,9H2,1-2H3,(H,18,20). The van der Waals surface area contributed by atoms with E-state index in [1.165, 1.54) is 0 Å². The Kier molecular flexibility index (Phi) is 4.76. The second-order valence-electron chi connectivity index (χ2n) is 4.54. The lowest BCUT2D eigenvalue weighted by Gasteiger charge is -2.07. The van der Waals surface area contributed by atoms with Crippen LogP contribution in [0.15, 0.2) is 30.5 Å². The molecule has 0 aliphatic heterocycles. The van der Waals surface area contributed by atoms with Crippen LogP contribution in [0.2, 0.25) is 5.02 Å². The molecule has 0 fully saturated rings. The van der Waals surface area contributed by atoms with E-state index >= 15 is 0 Å². The molecule has 2 N–H and O–H groups in total. The van der Waals surface area contributed by atoms with Crippen molar-refractivity contribution < 1.29 is 4.79 Å². The van der Waals surface area contributed by atoms with Crippen LogP contribution in [0.3, 0.4) is 0 Å². The molecule has 5 nitrogen and oxygen atoms in total. The van der Waals surface area contributed by atoms with Gasteiger partial charge >= 0.3 is 0 Å². The number of hydrogen-bond acceptors (Lipinski definition) is 3. The van der Waals surface area contributed by atoms with Crippen molar-refractivity contribution in [2.45, 2.75) is 13.5 Å². The van der Waals surface area contributed by atoms with Crippen molar-refractivity contribution in [1.82, 2.24) is 15.1 Å². The first-order valence-electron chi connectivity index (χ1n) is 6.30. The van der Waals surface area contributed by atoms with Crippen molar-refractivity contribution in [1.29, 1.82) is 0 Å². The molecule has 20 heavy (non-hydrogen) atoms. The number of halogens is 1. The van der Waals surface area contributed by atoms with Crippen molar-refractivity contribution in [2.75, 3.05) is 11.9 Å². The van der Waals surface area contributed by atoms with Gasteiger partial charge in [-0.05, 0) is 25.1 Å². The minimum atomic E-state index is -0.103. The fraction of sp³-hybridized carbons (Fsp3) is 0.286. The zero-order chi connectivity index (χ0) is 14.5. The van der Waals surface area contributed by atoms with Gasteiger partial charge in [0.1, 0.15) is 0 Å². The topological polar surface area (TPSA) is 59.0 Å². The van der Waals surface area contributed by atoms with Crippen molar-refractivity contribution >= 4 is 23.2 Å². The van der Waals surface area contributed by atoms with Gasteiger partial charge in [-0.25, -0.2) is 0 Å². The summed E-state index contributed by atoms with van der Waals surface area (Å²) in [6.07, 6.45) is 1.80. The van der Waals surface area contributed by atoms with Crippen LogP contribution in [-0.4, -0.2) is 22.2 Å². The number of carbonyl (C=O) groups excluding carboxylic acids is 1. The Balaban J connectivity index is 1.80. The zero-order valence-electron chi connectivity index (χ0n) is 11.5. The lowest BCUT2D eigenvalue weighted by atomic mass is 10.2.